The van der Waals surface area contributed by atoms with Gasteiger partial charge in [0.05, 0.1) is 18.3 Å². The molecule has 1 fully saturated rings. The smallest absolute Gasteiger partial charge is 0.411 e. The van der Waals surface area contributed by atoms with Crippen molar-refractivity contribution in [3.05, 3.63) is 71.6 Å². The molecule has 6 nitrogen and oxygen atoms in total. The second kappa shape index (κ2) is 9.92. The third-order valence-electron chi connectivity index (χ3n) is 6.06. The van der Waals surface area contributed by atoms with Crippen LogP contribution in [0.25, 0.3) is 11.5 Å². The first-order chi connectivity index (χ1) is 16.2. The number of likely N-dealkylation sites (tertiary alicyclic amines) is 1. The maximum absolute atomic E-state index is 12.8. The lowest BCUT2D eigenvalue weighted by Gasteiger charge is -2.31. The monoisotopic (exact) mass is 462 g/mol. The number of amides is 1. The number of carbonyl (C=O) groups excluding carboxylic acids is 1. The molecule has 2 aromatic carbocycles. The van der Waals surface area contributed by atoms with Gasteiger partial charge in [0.15, 0.2) is 0 Å². The van der Waals surface area contributed by atoms with E-state index >= 15 is 0 Å². The summed E-state index contributed by atoms with van der Waals surface area (Å²) in [6.45, 7) is 10.2. The number of benzene rings is 2. The molecule has 6 heteroatoms. The maximum atomic E-state index is 12.8. The first-order valence-corrected chi connectivity index (χ1v) is 12.0. The number of ether oxygens (including phenoxy) is 2. The molecule has 180 valence electrons. The molecule has 0 radical (unpaired) electrons. The van der Waals surface area contributed by atoms with Crippen molar-refractivity contribution in [2.24, 2.45) is 0 Å². The quantitative estimate of drug-likeness (QED) is 0.406. The van der Waals surface area contributed by atoms with Gasteiger partial charge in [-0.15, -0.1) is 0 Å². The van der Waals surface area contributed by atoms with Crippen LogP contribution < -0.4 is 4.74 Å². The molecule has 3 aromatic rings. The van der Waals surface area contributed by atoms with Crippen LogP contribution in [0.2, 0.25) is 0 Å². The Morgan fingerprint density at radius 1 is 1.09 bits per heavy atom. The minimum Gasteiger partial charge on any atom is -0.493 e. The molecule has 1 aromatic heterocycles. The fourth-order valence-electron chi connectivity index (χ4n) is 4.35. The van der Waals surface area contributed by atoms with E-state index in [0.717, 1.165) is 41.2 Å². The van der Waals surface area contributed by atoms with Crippen LogP contribution in [0.15, 0.2) is 59.0 Å². The molecular formula is C28H34N2O4. The minimum absolute atomic E-state index is 0.0214. The maximum Gasteiger partial charge on any atom is 0.411 e. The van der Waals surface area contributed by atoms with Gasteiger partial charge in [0.1, 0.15) is 17.1 Å². The zero-order valence-electron chi connectivity index (χ0n) is 20.7. The lowest BCUT2D eigenvalue weighted by Crippen LogP contribution is -2.40. The number of hydrogen-bond donors (Lipinski definition) is 0. The highest BCUT2D eigenvalue weighted by molar-refractivity contribution is 5.69. The van der Waals surface area contributed by atoms with E-state index < -0.39 is 5.60 Å². The molecule has 0 N–H and O–H groups in total. The van der Waals surface area contributed by atoms with Crippen molar-refractivity contribution in [3.63, 3.8) is 0 Å². The minimum atomic E-state index is -0.508. The van der Waals surface area contributed by atoms with Crippen LogP contribution >= 0.6 is 0 Å². The first kappa shape index (κ1) is 23.9. The standard InChI is InChI=1S/C28H34N2O4/c1-19-11-16-25(30(19)27(31)34-28(3,4)5)21-12-14-23(15-13-21)32-18-17-24-20(2)33-26(29-24)22-9-7-6-8-10-22/h6-10,12-15,19,25H,11,16-18H2,1-5H3/t19-,25+/m0/s1. The number of aryl methyl sites for hydroxylation is 1. The van der Waals surface area contributed by atoms with Gasteiger partial charge in [0.25, 0.3) is 0 Å². The van der Waals surface area contributed by atoms with E-state index in [4.69, 9.17) is 13.9 Å². The Bertz CT molecular complexity index is 1100. The van der Waals surface area contributed by atoms with Gasteiger partial charge in [-0.05, 0) is 77.3 Å². The predicted molar refractivity (Wildman–Crippen MR) is 132 cm³/mol. The van der Waals surface area contributed by atoms with Gasteiger partial charge < -0.3 is 13.9 Å². The molecular weight excluding hydrogens is 428 g/mol. The van der Waals surface area contributed by atoms with Gasteiger partial charge in [0.2, 0.25) is 5.89 Å². The van der Waals surface area contributed by atoms with Crippen molar-refractivity contribution < 1.29 is 18.7 Å². The first-order valence-electron chi connectivity index (χ1n) is 12.0. The molecule has 1 aliphatic heterocycles. The molecule has 1 aliphatic rings. The molecule has 2 heterocycles. The summed E-state index contributed by atoms with van der Waals surface area (Å²) in [5.41, 5.74) is 2.46. The Labute approximate surface area is 201 Å². The normalized spacial score (nSPS) is 18.2. The van der Waals surface area contributed by atoms with E-state index in [1.54, 1.807) is 0 Å². The summed E-state index contributed by atoms with van der Waals surface area (Å²) in [7, 11) is 0. The average molecular weight is 463 g/mol. The zero-order chi connectivity index (χ0) is 24.3. The summed E-state index contributed by atoms with van der Waals surface area (Å²) in [5, 5.41) is 0. The molecule has 0 saturated carbocycles. The van der Waals surface area contributed by atoms with Gasteiger partial charge in [-0.1, -0.05) is 30.3 Å². The molecule has 34 heavy (non-hydrogen) atoms. The van der Waals surface area contributed by atoms with Gasteiger partial charge in [-0.25, -0.2) is 9.78 Å². The Hall–Kier alpha value is -3.28. The van der Waals surface area contributed by atoms with Crippen LogP contribution in [-0.2, 0) is 11.2 Å². The van der Waals surface area contributed by atoms with Crippen molar-refractivity contribution in [1.29, 1.82) is 0 Å². The summed E-state index contributed by atoms with van der Waals surface area (Å²) in [6, 6.07) is 18.1. The van der Waals surface area contributed by atoms with E-state index in [9.17, 15) is 4.79 Å². The summed E-state index contributed by atoms with van der Waals surface area (Å²) >= 11 is 0. The van der Waals surface area contributed by atoms with Crippen molar-refractivity contribution >= 4 is 6.09 Å². The van der Waals surface area contributed by atoms with E-state index in [1.165, 1.54) is 0 Å². The summed E-state index contributed by atoms with van der Waals surface area (Å²) < 4.78 is 17.5. The largest absolute Gasteiger partial charge is 0.493 e. The molecule has 2 atom stereocenters. The molecule has 0 aliphatic carbocycles. The summed E-state index contributed by atoms with van der Waals surface area (Å²) in [5.74, 6) is 2.25. The number of rotatable bonds is 6. The zero-order valence-corrected chi connectivity index (χ0v) is 20.7. The molecule has 1 saturated heterocycles. The fraction of sp³-hybridized carbons (Fsp3) is 0.429. The van der Waals surface area contributed by atoms with Crippen molar-refractivity contribution in [2.75, 3.05) is 6.61 Å². The third-order valence-corrected chi connectivity index (χ3v) is 6.06. The topological polar surface area (TPSA) is 64.8 Å². The van der Waals surface area contributed by atoms with E-state index in [1.807, 2.05) is 87.2 Å². The van der Waals surface area contributed by atoms with Crippen LogP contribution in [0, 0.1) is 6.92 Å². The van der Waals surface area contributed by atoms with E-state index in [-0.39, 0.29) is 18.2 Å². The number of oxazole rings is 1. The molecule has 0 unspecified atom stereocenters. The molecule has 4 rings (SSSR count). The van der Waals surface area contributed by atoms with Gasteiger partial charge in [-0.3, -0.25) is 4.90 Å². The number of carbonyl (C=O) groups is 1. The van der Waals surface area contributed by atoms with Crippen molar-refractivity contribution in [2.45, 2.75) is 71.6 Å². The van der Waals surface area contributed by atoms with Crippen LogP contribution in [0.3, 0.4) is 0 Å². The predicted octanol–water partition coefficient (Wildman–Crippen LogP) is 6.73. The third kappa shape index (κ3) is 5.61. The van der Waals surface area contributed by atoms with Crippen LogP contribution in [0.5, 0.6) is 5.75 Å². The highest BCUT2D eigenvalue weighted by atomic mass is 16.6. The lowest BCUT2D eigenvalue weighted by molar-refractivity contribution is 0.0158. The van der Waals surface area contributed by atoms with Crippen LogP contribution in [-0.4, -0.2) is 34.2 Å². The van der Waals surface area contributed by atoms with E-state index in [0.29, 0.717) is 18.9 Å². The second-order valence-corrected chi connectivity index (χ2v) is 9.89. The highest BCUT2D eigenvalue weighted by Crippen LogP contribution is 2.37. The molecule has 0 spiro atoms. The number of hydrogen-bond acceptors (Lipinski definition) is 5. The second-order valence-electron chi connectivity index (χ2n) is 9.89. The van der Waals surface area contributed by atoms with Gasteiger partial charge in [0, 0.05) is 18.0 Å². The Morgan fingerprint density at radius 2 is 1.79 bits per heavy atom. The highest BCUT2D eigenvalue weighted by Gasteiger charge is 2.37. The summed E-state index contributed by atoms with van der Waals surface area (Å²) in [6.07, 6.45) is 2.30. The van der Waals surface area contributed by atoms with Crippen molar-refractivity contribution in [1.82, 2.24) is 9.88 Å². The molecule has 1 amide bonds. The Balaban J connectivity index is 1.35. The van der Waals surface area contributed by atoms with Gasteiger partial charge >= 0.3 is 6.09 Å². The Kier molecular flexibility index (Phi) is 6.96. The van der Waals surface area contributed by atoms with Crippen LogP contribution in [0.4, 0.5) is 4.79 Å². The number of aromatic nitrogens is 1. The van der Waals surface area contributed by atoms with Crippen LogP contribution in [0.1, 0.15) is 63.6 Å². The lowest BCUT2D eigenvalue weighted by atomic mass is 10.0. The summed E-state index contributed by atoms with van der Waals surface area (Å²) in [4.78, 5) is 19.3. The molecule has 0 bridgehead atoms. The van der Waals surface area contributed by atoms with Gasteiger partial charge in [-0.2, -0.15) is 0 Å². The van der Waals surface area contributed by atoms with E-state index in [2.05, 4.69) is 11.9 Å². The van der Waals surface area contributed by atoms with Crippen molar-refractivity contribution in [3.8, 4) is 17.2 Å². The average Bonchev–Trinajstić information content (AvgIpc) is 3.36. The Morgan fingerprint density at radius 3 is 2.47 bits per heavy atom. The fourth-order valence-corrected chi connectivity index (χ4v) is 4.35. The SMILES string of the molecule is Cc1oc(-c2ccccc2)nc1CCOc1ccc([C@H]2CC[C@H](C)N2C(=O)OC(C)(C)C)cc1. The number of nitrogens with zero attached hydrogens (tertiary/aromatic N) is 2.